The van der Waals surface area contributed by atoms with Gasteiger partial charge < -0.3 is 14.7 Å². The molecular weight excluding hydrogens is 362 g/mol. The molecule has 10 nitrogen and oxygen atoms in total. The van der Waals surface area contributed by atoms with Crippen molar-refractivity contribution in [2.24, 2.45) is 24.3 Å². The summed E-state index contributed by atoms with van der Waals surface area (Å²) in [7, 11) is 2.98. The van der Waals surface area contributed by atoms with Gasteiger partial charge in [0, 0.05) is 26.0 Å². The monoisotopic (exact) mass is 381 g/mol. The molecule has 144 valence electrons. The van der Waals surface area contributed by atoms with Crippen molar-refractivity contribution in [1.82, 2.24) is 23.7 Å². The number of H-pyrrole nitrogens is 1. The number of hydrogen-bond donors (Lipinski definition) is 2. The van der Waals surface area contributed by atoms with Gasteiger partial charge in [-0.05, 0) is 12.5 Å². The average molecular weight is 381 g/mol. The molecule has 0 bridgehead atoms. The molecule has 10 heteroatoms. The van der Waals surface area contributed by atoms with Crippen molar-refractivity contribution in [3.05, 3.63) is 45.1 Å². The summed E-state index contributed by atoms with van der Waals surface area (Å²) >= 11 is 0. The van der Waals surface area contributed by atoms with Crippen molar-refractivity contribution < 1.29 is 5.11 Å². The van der Waals surface area contributed by atoms with Crippen molar-refractivity contribution in [3.8, 4) is 5.88 Å². The van der Waals surface area contributed by atoms with E-state index in [0.29, 0.717) is 17.4 Å². The van der Waals surface area contributed by atoms with Gasteiger partial charge in [-0.15, -0.1) is 10.2 Å². The minimum absolute atomic E-state index is 0.105. The molecule has 4 aromatic rings. The molecule has 0 fully saturated rings. The molecule has 0 aliphatic rings. The van der Waals surface area contributed by atoms with Crippen LogP contribution in [0, 0.1) is 0 Å². The zero-order valence-electron chi connectivity index (χ0n) is 15.7. The van der Waals surface area contributed by atoms with E-state index >= 15 is 0 Å². The summed E-state index contributed by atoms with van der Waals surface area (Å²) in [5.74, 6) is 0.0891. The molecule has 0 unspecified atom stereocenters. The predicted molar refractivity (Wildman–Crippen MR) is 105 cm³/mol. The second-order valence-electron chi connectivity index (χ2n) is 6.51. The Hall–Kier alpha value is -3.69. The van der Waals surface area contributed by atoms with Crippen LogP contribution in [0.5, 0.6) is 5.88 Å². The van der Waals surface area contributed by atoms with E-state index in [4.69, 9.17) is 0 Å². The van der Waals surface area contributed by atoms with Gasteiger partial charge in [-0.2, -0.15) is 4.98 Å². The topological polar surface area (TPSA) is 123 Å². The Labute approximate surface area is 158 Å². The first-order valence-electron chi connectivity index (χ1n) is 8.81. The normalized spacial score (nSPS) is 12.0. The first kappa shape index (κ1) is 17.7. The van der Waals surface area contributed by atoms with Crippen molar-refractivity contribution in [1.29, 1.82) is 0 Å². The number of nitrogens with zero attached hydrogens (tertiary/aromatic N) is 6. The molecule has 2 N–H and O–H groups in total. The SMILES string of the molecule is CCCn1c(N=Nc2c(O)[nH]c3ccccc23)nc2c1c(=O)n(C)c(=O)n2C. The molecule has 0 aliphatic carbocycles. The maximum absolute atomic E-state index is 12.6. The standard InChI is InChI=1S/C18H19N7O3/c1-4-9-25-13-14(23(2)18(28)24(3)16(13)27)20-17(25)22-21-12-10-7-5-6-8-11(10)19-15(12)26/h5-8,19,26H,4,9H2,1-3H3. The molecule has 1 aromatic carbocycles. The lowest BCUT2D eigenvalue weighted by Crippen LogP contribution is -2.37. The van der Waals surface area contributed by atoms with E-state index in [1.165, 1.54) is 11.6 Å². The van der Waals surface area contributed by atoms with Crippen molar-refractivity contribution >= 4 is 33.7 Å². The quantitative estimate of drug-likeness (QED) is 0.527. The van der Waals surface area contributed by atoms with E-state index in [2.05, 4.69) is 20.2 Å². The highest BCUT2D eigenvalue weighted by Crippen LogP contribution is 2.36. The molecule has 0 saturated carbocycles. The van der Waals surface area contributed by atoms with Crippen LogP contribution in [0.15, 0.2) is 44.1 Å². The molecule has 3 aromatic heterocycles. The number of fused-ring (bicyclic) bond motifs is 2. The Bertz CT molecular complexity index is 1350. The third-order valence-corrected chi connectivity index (χ3v) is 4.67. The number of para-hydroxylation sites is 1. The Morgan fingerprint density at radius 1 is 1.14 bits per heavy atom. The highest BCUT2D eigenvalue weighted by molar-refractivity contribution is 5.94. The van der Waals surface area contributed by atoms with Crippen LogP contribution in [-0.2, 0) is 20.6 Å². The lowest BCUT2D eigenvalue weighted by Gasteiger charge is -2.05. The molecule has 0 atom stereocenters. The molecule has 28 heavy (non-hydrogen) atoms. The fourth-order valence-electron chi connectivity index (χ4n) is 3.26. The molecule has 0 saturated heterocycles. The zero-order valence-corrected chi connectivity index (χ0v) is 15.7. The lowest BCUT2D eigenvalue weighted by molar-refractivity contribution is 0.459. The highest BCUT2D eigenvalue weighted by Gasteiger charge is 2.19. The van der Waals surface area contributed by atoms with Crippen LogP contribution in [-0.4, -0.2) is 28.8 Å². The summed E-state index contributed by atoms with van der Waals surface area (Å²) in [6, 6.07) is 7.31. The number of imidazole rings is 1. The Morgan fingerprint density at radius 3 is 2.64 bits per heavy atom. The van der Waals surface area contributed by atoms with Gasteiger partial charge in [-0.25, -0.2) is 4.79 Å². The van der Waals surface area contributed by atoms with Crippen LogP contribution in [0.1, 0.15) is 13.3 Å². The molecule has 0 aliphatic heterocycles. The summed E-state index contributed by atoms with van der Waals surface area (Å²) in [5, 5.41) is 19.2. The highest BCUT2D eigenvalue weighted by atomic mass is 16.3. The fraction of sp³-hybridized carbons (Fsp3) is 0.278. The second kappa shape index (κ2) is 6.48. The molecule has 0 amide bonds. The second-order valence-corrected chi connectivity index (χ2v) is 6.51. The smallest absolute Gasteiger partial charge is 0.332 e. The number of hydrogen-bond acceptors (Lipinski definition) is 6. The maximum Gasteiger partial charge on any atom is 0.332 e. The summed E-state index contributed by atoms with van der Waals surface area (Å²) in [5.41, 5.74) is 0.661. The largest absolute Gasteiger partial charge is 0.493 e. The molecule has 3 heterocycles. The minimum Gasteiger partial charge on any atom is -0.493 e. The van der Waals surface area contributed by atoms with Crippen LogP contribution >= 0.6 is 0 Å². The van der Waals surface area contributed by atoms with E-state index in [0.717, 1.165) is 16.5 Å². The molecular formula is C18H19N7O3. The van der Waals surface area contributed by atoms with Crippen molar-refractivity contribution in [3.63, 3.8) is 0 Å². The van der Waals surface area contributed by atoms with Crippen LogP contribution in [0.3, 0.4) is 0 Å². The van der Waals surface area contributed by atoms with Gasteiger partial charge >= 0.3 is 5.69 Å². The third-order valence-electron chi connectivity index (χ3n) is 4.67. The molecule has 0 spiro atoms. The first-order valence-corrected chi connectivity index (χ1v) is 8.81. The summed E-state index contributed by atoms with van der Waals surface area (Å²) in [6.07, 6.45) is 0.734. The van der Waals surface area contributed by atoms with E-state index in [-0.39, 0.29) is 23.2 Å². The third kappa shape index (κ3) is 2.53. The van der Waals surface area contributed by atoms with E-state index in [1.807, 2.05) is 31.2 Å². The molecule has 0 radical (unpaired) electrons. The van der Waals surface area contributed by atoms with Crippen molar-refractivity contribution in [2.45, 2.75) is 19.9 Å². The number of nitrogens with one attached hydrogen (secondary N) is 1. The average Bonchev–Trinajstić information content (AvgIpc) is 3.20. The van der Waals surface area contributed by atoms with Crippen LogP contribution in [0.4, 0.5) is 11.6 Å². The van der Waals surface area contributed by atoms with Crippen LogP contribution in [0.2, 0.25) is 0 Å². The molecule has 4 rings (SSSR count). The maximum atomic E-state index is 12.6. The van der Waals surface area contributed by atoms with Crippen molar-refractivity contribution in [2.75, 3.05) is 0 Å². The Kier molecular flexibility index (Phi) is 4.10. The summed E-state index contributed by atoms with van der Waals surface area (Å²) in [6.45, 7) is 2.45. The van der Waals surface area contributed by atoms with Crippen LogP contribution in [0.25, 0.3) is 22.1 Å². The number of azo groups is 1. The van der Waals surface area contributed by atoms with E-state index in [1.54, 1.807) is 11.6 Å². The number of rotatable bonds is 4. The van der Waals surface area contributed by atoms with Crippen LogP contribution < -0.4 is 11.2 Å². The van der Waals surface area contributed by atoms with Gasteiger partial charge in [-0.1, -0.05) is 25.1 Å². The number of aromatic amines is 1. The Morgan fingerprint density at radius 2 is 1.89 bits per heavy atom. The zero-order chi connectivity index (χ0) is 20.0. The van der Waals surface area contributed by atoms with Gasteiger partial charge in [0.25, 0.3) is 11.5 Å². The van der Waals surface area contributed by atoms with Gasteiger partial charge in [-0.3, -0.25) is 13.9 Å². The predicted octanol–water partition coefficient (Wildman–Crippen LogP) is 2.45. The van der Waals surface area contributed by atoms with Gasteiger partial charge in [0.15, 0.2) is 16.9 Å². The summed E-state index contributed by atoms with van der Waals surface area (Å²) < 4.78 is 4.00. The number of aromatic nitrogens is 5. The van der Waals surface area contributed by atoms with Gasteiger partial charge in [0.05, 0.1) is 5.52 Å². The Balaban J connectivity index is 1.95. The summed E-state index contributed by atoms with van der Waals surface area (Å²) in [4.78, 5) is 32.0. The van der Waals surface area contributed by atoms with E-state index in [9.17, 15) is 14.7 Å². The minimum atomic E-state index is -0.462. The fourth-order valence-corrected chi connectivity index (χ4v) is 3.26. The van der Waals surface area contributed by atoms with Gasteiger partial charge in [0.1, 0.15) is 0 Å². The van der Waals surface area contributed by atoms with E-state index < -0.39 is 11.2 Å². The lowest BCUT2D eigenvalue weighted by atomic mass is 10.2. The number of benzene rings is 1. The number of aromatic hydroxyl groups is 1. The van der Waals surface area contributed by atoms with Gasteiger partial charge in [0.2, 0.25) is 5.88 Å². The first-order chi connectivity index (χ1) is 13.4. The number of aryl methyl sites for hydroxylation is 2.